The Kier molecular flexibility index (Phi) is 5.38. The summed E-state index contributed by atoms with van der Waals surface area (Å²) in [7, 11) is 2.93. The molecule has 2 rings (SSSR count). The minimum atomic E-state index is -1.57. The summed E-state index contributed by atoms with van der Waals surface area (Å²) in [6.07, 6.45) is 0. The molecule has 1 heterocycles. The van der Waals surface area contributed by atoms with Crippen LogP contribution in [-0.2, 0) is 9.53 Å². The molecule has 9 heteroatoms. The number of rotatable bonds is 7. The maximum absolute atomic E-state index is 12.4. The first-order valence-electron chi connectivity index (χ1n) is 7.44. The minimum Gasteiger partial charge on any atom is -0.497 e. The number of benzene rings is 1. The molecule has 0 spiro atoms. The predicted molar refractivity (Wildman–Crippen MR) is 88.0 cm³/mol. The fourth-order valence-corrected chi connectivity index (χ4v) is 2.26. The Hall–Kier alpha value is -2.94. The average molecular weight is 348 g/mol. The number of hydrogen-bond acceptors (Lipinski definition) is 6. The van der Waals surface area contributed by atoms with E-state index in [4.69, 9.17) is 9.47 Å². The van der Waals surface area contributed by atoms with Gasteiger partial charge in [-0.05, 0) is 38.1 Å². The van der Waals surface area contributed by atoms with Crippen LogP contribution in [0.2, 0.25) is 0 Å². The van der Waals surface area contributed by atoms with E-state index >= 15 is 0 Å². The van der Waals surface area contributed by atoms with Crippen LogP contribution in [0.5, 0.6) is 5.75 Å². The molecule has 0 fully saturated rings. The zero-order valence-electron chi connectivity index (χ0n) is 14.4. The molecule has 1 atom stereocenters. The van der Waals surface area contributed by atoms with Crippen molar-refractivity contribution >= 4 is 11.9 Å². The number of carboxylic acid groups (broad SMARTS) is 1. The quantitative estimate of drug-likeness (QED) is 0.760. The summed E-state index contributed by atoms with van der Waals surface area (Å²) < 4.78 is 11.5. The molecule has 0 aliphatic rings. The summed E-state index contributed by atoms with van der Waals surface area (Å²) in [5.74, 6) is -1.15. The molecule has 2 N–H and O–H groups in total. The largest absolute Gasteiger partial charge is 0.497 e. The van der Waals surface area contributed by atoms with Crippen molar-refractivity contribution in [2.45, 2.75) is 19.4 Å². The molecule has 1 amide bonds. The van der Waals surface area contributed by atoms with E-state index in [0.717, 1.165) is 0 Å². The molecule has 0 saturated carbocycles. The zero-order chi connectivity index (χ0) is 18.6. The highest BCUT2D eigenvalue weighted by atomic mass is 16.5. The van der Waals surface area contributed by atoms with Crippen LogP contribution >= 0.6 is 0 Å². The third kappa shape index (κ3) is 3.77. The molecule has 134 valence electrons. The van der Waals surface area contributed by atoms with Crippen LogP contribution in [0.3, 0.4) is 0 Å². The van der Waals surface area contributed by atoms with Crippen LogP contribution in [-0.4, -0.2) is 58.3 Å². The summed E-state index contributed by atoms with van der Waals surface area (Å²) in [5, 5.41) is 19.6. The molecule has 25 heavy (non-hydrogen) atoms. The van der Waals surface area contributed by atoms with Crippen LogP contribution in [0.25, 0.3) is 5.69 Å². The zero-order valence-corrected chi connectivity index (χ0v) is 14.4. The van der Waals surface area contributed by atoms with Gasteiger partial charge in [0.25, 0.3) is 5.91 Å². The standard InChI is InChI=1S/C16H20N4O5/c1-10-13(14(21)17-16(2,9-24-3)15(22)23)18-19-20(10)11-5-7-12(25-4)8-6-11/h5-8H,9H2,1-4H3,(H,17,21)(H,22,23). The lowest BCUT2D eigenvalue weighted by atomic mass is 10.0. The number of carbonyl (C=O) groups excluding carboxylic acids is 1. The highest BCUT2D eigenvalue weighted by molar-refractivity contribution is 5.97. The third-order valence-corrected chi connectivity index (χ3v) is 3.72. The molecular weight excluding hydrogens is 328 g/mol. The Balaban J connectivity index is 2.27. The van der Waals surface area contributed by atoms with Gasteiger partial charge >= 0.3 is 5.97 Å². The molecule has 0 radical (unpaired) electrons. The Morgan fingerprint density at radius 3 is 2.44 bits per heavy atom. The summed E-state index contributed by atoms with van der Waals surface area (Å²) in [4.78, 5) is 23.8. The Labute approximate surface area is 144 Å². The number of amides is 1. The number of carboxylic acids is 1. The van der Waals surface area contributed by atoms with E-state index in [2.05, 4.69) is 15.6 Å². The second-order valence-electron chi connectivity index (χ2n) is 5.66. The molecule has 0 aliphatic carbocycles. The SMILES string of the molecule is COCC(C)(NC(=O)c1nnn(-c2ccc(OC)cc2)c1C)C(=O)O. The van der Waals surface area contributed by atoms with E-state index in [1.807, 2.05) is 0 Å². The maximum Gasteiger partial charge on any atom is 0.331 e. The molecule has 1 aromatic carbocycles. The van der Waals surface area contributed by atoms with Crippen LogP contribution in [0.4, 0.5) is 0 Å². The minimum absolute atomic E-state index is 0.0411. The number of aliphatic carboxylic acids is 1. The van der Waals surface area contributed by atoms with Crippen LogP contribution in [0.1, 0.15) is 23.1 Å². The van der Waals surface area contributed by atoms with Gasteiger partial charge in [0.1, 0.15) is 5.75 Å². The highest BCUT2D eigenvalue weighted by Crippen LogP contribution is 2.17. The van der Waals surface area contributed by atoms with Gasteiger partial charge in [-0.15, -0.1) is 5.10 Å². The number of nitrogens with one attached hydrogen (secondary N) is 1. The highest BCUT2D eigenvalue weighted by Gasteiger charge is 2.36. The van der Waals surface area contributed by atoms with Gasteiger partial charge in [-0.25, -0.2) is 9.48 Å². The van der Waals surface area contributed by atoms with E-state index < -0.39 is 17.4 Å². The van der Waals surface area contributed by atoms with Gasteiger partial charge < -0.3 is 19.9 Å². The Morgan fingerprint density at radius 1 is 1.28 bits per heavy atom. The smallest absolute Gasteiger partial charge is 0.331 e. The molecule has 1 unspecified atom stereocenters. The van der Waals surface area contributed by atoms with Gasteiger partial charge in [-0.3, -0.25) is 4.79 Å². The predicted octanol–water partition coefficient (Wildman–Crippen LogP) is 0.804. The van der Waals surface area contributed by atoms with E-state index in [9.17, 15) is 14.7 Å². The monoisotopic (exact) mass is 348 g/mol. The van der Waals surface area contributed by atoms with Crippen molar-refractivity contribution in [1.29, 1.82) is 0 Å². The number of nitrogens with zero attached hydrogens (tertiary/aromatic N) is 3. The Morgan fingerprint density at radius 2 is 1.92 bits per heavy atom. The number of aromatic nitrogens is 3. The van der Waals surface area contributed by atoms with Crippen molar-refractivity contribution in [2.75, 3.05) is 20.8 Å². The number of hydrogen-bond donors (Lipinski definition) is 2. The van der Waals surface area contributed by atoms with E-state index in [-0.39, 0.29) is 12.3 Å². The summed E-state index contributed by atoms with van der Waals surface area (Å²) in [6, 6.07) is 7.07. The first kappa shape index (κ1) is 18.4. The number of carbonyl (C=O) groups is 2. The summed E-state index contributed by atoms with van der Waals surface area (Å²) >= 11 is 0. The average Bonchev–Trinajstić information content (AvgIpc) is 2.96. The maximum atomic E-state index is 12.4. The van der Waals surface area contributed by atoms with Gasteiger partial charge in [0.2, 0.25) is 0 Å². The van der Waals surface area contributed by atoms with Crippen molar-refractivity contribution < 1.29 is 24.2 Å². The molecule has 0 aliphatic heterocycles. The van der Waals surface area contributed by atoms with Gasteiger partial charge in [0.15, 0.2) is 11.2 Å². The van der Waals surface area contributed by atoms with Crippen molar-refractivity contribution in [3.63, 3.8) is 0 Å². The van der Waals surface area contributed by atoms with E-state index in [1.165, 1.54) is 18.7 Å². The van der Waals surface area contributed by atoms with E-state index in [1.54, 1.807) is 38.3 Å². The Bertz CT molecular complexity index is 771. The van der Waals surface area contributed by atoms with Gasteiger partial charge in [0, 0.05) is 7.11 Å². The topological polar surface area (TPSA) is 116 Å². The van der Waals surface area contributed by atoms with Gasteiger partial charge in [-0.1, -0.05) is 5.21 Å². The fraction of sp³-hybridized carbons (Fsp3) is 0.375. The number of methoxy groups -OCH3 is 2. The molecule has 0 bridgehead atoms. The van der Waals surface area contributed by atoms with Crippen molar-refractivity contribution in [2.24, 2.45) is 0 Å². The normalized spacial score (nSPS) is 13.1. The van der Waals surface area contributed by atoms with Crippen molar-refractivity contribution in [3.8, 4) is 11.4 Å². The third-order valence-electron chi connectivity index (χ3n) is 3.72. The lowest BCUT2D eigenvalue weighted by molar-refractivity contribution is -0.145. The molecule has 0 saturated heterocycles. The van der Waals surface area contributed by atoms with Crippen molar-refractivity contribution in [1.82, 2.24) is 20.3 Å². The first-order valence-corrected chi connectivity index (χ1v) is 7.44. The summed E-state index contributed by atoms with van der Waals surface area (Å²) in [6.45, 7) is 2.85. The first-order chi connectivity index (χ1) is 11.8. The van der Waals surface area contributed by atoms with Crippen LogP contribution in [0.15, 0.2) is 24.3 Å². The molecule has 1 aromatic heterocycles. The van der Waals surface area contributed by atoms with Crippen molar-refractivity contribution in [3.05, 3.63) is 35.7 Å². The number of ether oxygens (including phenoxy) is 2. The van der Waals surface area contributed by atoms with E-state index in [0.29, 0.717) is 17.1 Å². The molecular formula is C16H20N4O5. The second kappa shape index (κ2) is 7.31. The lowest BCUT2D eigenvalue weighted by Crippen LogP contribution is -2.55. The molecule has 2 aromatic rings. The lowest BCUT2D eigenvalue weighted by Gasteiger charge is -2.24. The summed E-state index contributed by atoms with van der Waals surface area (Å²) in [5.41, 5.74) is -0.350. The second-order valence-corrected chi connectivity index (χ2v) is 5.66. The van der Waals surface area contributed by atoms with Crippen LogP contribution in [0, 0.1) is 6.92 Å². The van der Waals surface area contributed by atoms with Gasteiger partial charge in [0.05, 0.1) is 25.1 Å². The fourth-order valence-electron chi connectivity index (χ4n) is 2.26. The van der Waals surface area contributed by atoms with Crippen LogP contribution < -0.4 is 10.1 Å². The molecule has 9 nitrogen and oxygen atoms in total. The van der Waals surface area contributed by atoms with Gasteiger partial charge in [-0.2, -0.15) is 0 Å².